The number of nitrogens with one attached hydrogen (secondary N) is 3. The molecule has 6 heteroatoms. The summed E-state index contributed by atoms with van der Waals surface area (Å²) in [4.78, 5) is 20.7. The van der Waals surface area contributed by atoms with Crippen molar-refractivity contribution < 1.29 is 4.79 Å². The minimum absolute atomic E-state index is 0.0281. The molecular formula is C15H25N5O. The molecule has 0 aromatic carbocycles. The lowest BCUT2D eigenvalue weighted by molar-refractivity contribution is -0.119. The Morgan fingerprint density at radius 3 is 2.52 bits per heavy atom. The summed E-state index contributed by atoms with van der Waals surface area (Å²) < 4.78 is 0. The van der Waals surface area contributed by atoms with Gasteiger partial charge in [0, 0.05) is 24.6 Å². The summed E-state index contributed by atoms with van der Waals surface area (Å²) in [5.74, 6) is 2.88. The van der Waals surface area contributed by atoms with Crippen molar-refractivity contribution in [3.05, 3.63) is 11.9 Å². The van der Waals surface area contributed by atoms with Crippen LogP contribution in [0.15, 0.2) is 6.07 Å². The molecule has 1 aliphatic rings. The average Bonchev–Trinajstić information content (AvgIpc) is 3.26. The summed E-state index contributed by atoms with van der Waals surface area (Å²) in [6.45, 7) is 7.12. The third kappa shape index (κ3) is 5.21. The van der Waals surface area contributed by atoms with Gasteiger partial charge in [0.2, 0.25) is 5.91 Å². The molecule has 21 heavy (non-hydrogen) atoms. The van der Waals surface area contributed by atoms with E-state index in [2.05, 4.69) is 32.8 Å². The summed E-state index contributed by atoms with van der Waals surface area (Å²) in [7, 11) is 0. The molecule has 0 bridgehead atoms. The third-order valence-corrected chi connectivity index (χ3v) is 3.12. The summed E-state index contributed by atoms with van der Waals surface area (Å²) in [6, 6.07) is 2.01. The lowest BCUT2D eigenvalue weighted by Crippen LogP contribution is -2.35. The Morgan fingerprint density at radius 2 is 1.95 bits per heavy atom. The maximum absolute atomic E-state index is 11.7. The number of hydrogen-bond acceptors (Lipinski definition) is 5. The Labute approximate surface area is 126 Å². The molecule has 1 fully saturated rings. The molecule has 0 aliphatic heterocycles. The molecule has 0 unspecified atom stereocenters. The fraction of sp³-hybridized carbons (Fsp3) is 0.667. The van der Waals surface area contributed by atoms with Crippen LogP contribution in [0.25, 0.3) is 0 Å². The molecule has 6 nitrogen and oxygen atoms in total. The van der Waals surface area contributed by atoms with Crippen LogP contribution < -0.4 is 16.0 Å². The first-order valence-electron chi connectivity index (χ1n) is 7.74. The Morgan fingerprint density at radius 1 is 1.29 bits per heavy atom. The number of rotatable bonds is 8. The summed E-state index contributed by atoms with van der Waals surface area (Å²) in [5.41, 5.74) is 0. The molecule has 0 atom stereocenters. The van der Waals surface area contributed by atoms with Crippen LogP contribution in [0.3, 0.4) is 0 Å². The van der Waals surface area contributed by atoms with Crippen LogP contribution in [0.2, 0.25) is 0 Å². The van der Waals surface area contributed by atoms with Crippen molar-refractivity contribution in [1.29, 1.82) is 0 Å². The molecule has 1 aromatic rings. The number of aromatic nitrogens is 2. The minimum Gasteiger partial charge on any atom is -0.370 e. The lowest BCUT2D eigenvalue weighted by atomic mass is 10.3. The second kappa shape index (κ2) is 7.24. The van der Waals surface area contributed by atoms with E-state index in [4.69, 9.17) is 0 Å². The normalized spacial score (nSPS) is 14.1. The average molecular weight is 291 g/mol. The van der Waals surface area contributed by atoms with Crippen molar-refractivity contribution in [1.82, 2.24) is 15.3 Å². The molecule has 116 valence electrons. The van der Waals surface area contributed by atoms with Gasteiger partial charge >= 0.3 is 0 Å². The van der Waals surface area contributed by atoms with E-state index in [1.807, 2.05) is 19.9 Å². The SMILES string of the molecule is CCCNc1cc(NCC(=O)NC(C)C)nc(C2CC2)n1. The molecule has 3 N–H and O–H groups in total. The Bertz CT molecular complexity index is 485. The van der Waals surface area contributed by atoms with Crippen LogP contribution >= 0.6 is 0 Å². The van der Waals surface area contributed by atoms with Crippen LogP contribution in [-0.4, -0.2) is 35.0 Å². The van der Waals surface area contributed by atoms with E-state index >= 15 is 0 Å². The van der Waals surface area contributed by atoms with E-state index < -0.39 is 0 Å². The van der Waals surface area contributed by atoms with E-state index in [9.17, 15) is 4.79 Å². The first kappa shape index (κ1) is 15.5. The molecule has 1 saturated carbocycles. The number of anilines is 2. The monoisotopic (exact) mass is 291 g/mol. The molecule has 0 spiro atoms. The number of carbonyl (C=O) groups excluding carboxylic acids is 1. The van der Waals surface area contributed by atoms with Crippen LogP contribution in [-0.2, 0) is 4.79 Å². The van der Waals surface area contributed by atoms with E-state index in [1.165, 1.54) is 0 Å². The van der Waals surface area contributed by atoms with Gasteiger partial charge in [0.05, 0.1) is 6.54 Å². The Hall–Kier alpha value is -1.85. The van der Waals surface area contributed by atoms with Crippen LogP contribution in [0.4, 0.5) is 11.6 Å². The highest BCUT2D eigenvalue weighted by molar-refractivity contribution is 5.80. The first-order chi connectivity index (χ1) is 10.1. The molecule has 1 amide bonds. The number of carbonyl (C=O) groups is 1. The lowest BCUT2D eigenvalue weighted by Gasteiger charge is -2.12. The standard InChI is InChI=1S/C15H25N5O/c1-4-7-16-12-8-13(17-9-14(21)18-10(2)3)20-15(19-12)11-5-6-11/h8,10-11H,4-7,9H2,1-3H3,(H,18,21)(H2,16,17,19,20). The number of amides is 1. The van der Waals surface area contributed by atoms with Crippen molar-refractivity contribution in [2.75, 3.05) is 23.7 Å². The summed E-state index contributed by atoms with van der Waals surface area (Å²) >= 11 is 0. The molecule has 1 aromatic heterocycles. The van der Waals surface area contributed by atoms with Gasteiger partial charge in [-0.2, -0.15) is 0 Å². The zero-order chi connectivity index (χ0) is 15.2. The van der Waals surface area contributed by atoms with Gasteiger partial charge in [-0.25, -0.2) is 9.97 Å². The van der Waals surface area contributed by atoms with Crippen molar-refractivity contribution in [2.24, 2.45) is 0 Å². The second-order valence-corrected chi connectivity index (χ2v) is 5.77. The maximum Gasteiger partial charge on any atom is 0.239 e. The second-order valence-electron chi connectivity index (χ2n) is 5.77. The van der Waals surface area contributed by atoms with Gasteiger partial charge in [0.25, 0.3) is 0 Å². The molecule has 1 aliphatic carbocycles. The Balaban J connectivity index is 1.99. The van der Waals surface area contributed by atoms with E-state index in [0.717, 1.165) is 37.4 Å². The topological polar surface area (TPSA) is 78.9 Å². The van der Waals surface area contributed by atoms with Crippen molar-refractivity contribution in [2.45, 2.75) is 52.0 Å². The van der Waals surface area contributed by atoms with Crippen LogP contribution in [0, 0.1) is 0 Å². The smallest absolute Gasteiger partial charge is 0.239 e. The van der Waals surface area contributed by atoms with E-state index in [-0.39, 0.29) is 18.5 Å². The highest BCUT2D eigenvalue weighted by Gasteiger charge is 2.27. The Kier molecular flexibility index (Phi) is 5.36. The largest absolute Gasteiger partial charge is 0.370 e. The van der Waals surface area contributed by atoms with Gasteiger partial charge in [-0.3, -0.25) is 4.79 Å². The quantitative estimate of drug-likeness (QED) is 0.683. The highest BCUT2D eigenvalue weighted by atomic mass is 16.1. The minimum atomic E-state index is -0.0281. The highest BCUT2D eigenvalue weighted by Crippen LogP contribution is 2.38. The fourth-order valence-corrected chi connectivity index (χ4v) is 1.97. The van der Waals surface area contributed by atoms with Crippen molar-refractivity contribution in [3.63, 3.8) is 0 Å². The first-order valence-corrected chi connectivity index (χ1v) is 7.74. The van der Waals surface area contributed by atoms with Crippen molar-refractivity contribution in [3.8, 4) is 0 Å². The summed E-state index contributed by atoms with van der Waals surface area (Å²) in [6.07, 6.45) is 3.36. The molecule has 0 radical (unpaired) electrons. The van der Waals surface area contributed by atoms with Crippen molar-refractivity contribution >= 4 is 17.5 Å². The molecular weight excluding hydrogens is 266 g/mol. The predicted octanol–water partition coefficient (Wildman–Crippen LogP) is 2.11. The number of nitrogens with zero attached hydrogens (tertiary/aromatic N) is 2. The molecule has 2 rings (SSSR count). The fourth-order valence-electron chi connectivity index (χ4n) is 1.97. The van der Waals surface area contributed by atoms with E-state index in [0.29, 0.717) is 11.7 Å². The van der Waals surface area contributed by atoms with Gasteiger partial charge in [-0.15, -0.1) is 0 Å². The van der Waals surface area contributed by atoms with Gasteiger partial charge in [-0.05, 0) is 33.1 Å². The third-order valence-electron chi connectivity index (χ3n) is 3.12. The molecule has 0 saturated heterocycles. The molecule has 1 heterocycles. The van der Waals surface area contributed by atoms with Crippen LogP contribution in [0.5, 0.6) is 0 Å². The van der Waals surface area contributed by atoms with Crippen LogP contribution in [0.1, 0.15) is 51.8 Å². The van der Waals surface area contributed by atoms with Gasteiger partial charge in [0.15, 0.2) is 0 Å². The van der Waals surface area contributed by atoms with E-state index in [1.54, 1.807) is 0 Å². The zero-order valence-corrected chi connectivity index (χ0v) is 13.1. The van der Waals surface area contributed by atoms with Gasteiger partial charge in [0.1, 0.15) is 17.5 Å². The van der Waals surface area contributed by atoms with Gasteiger partial charge in [-0.1, -0.05) is 6.92 Å². The van der Waals surface area contributed by atoms with Gasteiger partial charge < -0.3 is 16.0 Å². The number of hydrogen-bond donors (Lipinski definition) is 3. The summed E-state index contributed by atoms with van der Waals surface area (Å²) in [5, 5.41) is 9.22. The zero-order valence-electron chi connectivity index (χ0n) is 13.1. The maximum atomic E-state index is 11.7. The predicted molar refractivity (Wildman–Crippen MR) is 84.6 cm³/mol.